The Morgan fingerprint density at radius 2 is 2.06 bits per heavy atom. The lowest BCUT2D eigenvalue weighted by Gasteiger charge is -2.29. The number of aromatic nitrogens is 1. The number of nitrogens with one attached hydrogen (secondary N) is 1. The Hall–Kier alpha value is -1.78. The van der Waals surface area contributed by atoms with Crippen LogP contribution in [0.15, 0.2) is 12.1 Å². The van der Waals surface area contributed by atoms with E-state index in [0.717, 1.165) is 12.8 Å². The zero-order valence-electron chi connectivity index (χ0n) is 10.4. The van der Waals surface area contributed by atoms with Gasteiger partial charge in [0.1, 0.15) is 0 Å². The van der Waals surface area contributed by atoms with Crippen molar-refractivity contribution in [3.05, 3.63) is 17.8 Å². The maximum Gasteiger partial charge on any atom is 0.354 e. The number of nitrogen functional groups attached to an aromatic ring is 1. The number of hydrogen-bond acceptors (Lipinski definition) is 4. The van der Waals surface area contributed by atoms with Gasteiger partial charge in [-0.25, -0.2) is 9.78 Å². The normalized spacial score (nSPS) is 11.2. The second-order valence-electron chi connectivity index (χ2n) is 4.33. The van der Waals surface area contributed by atoms with Crippen LogP contribution < -0.4 is 11.1 Å². The van der Waals surface area contributed by atoms with Crippen molar-refractivity contribution in [2.24, 2.45) is 0 Å². The van der Waals surface area contributed by atoms with E-state index >= 15 is 0 Å². The summed E-state index contributed by atoms with van der Waals surface area (Å²) in [4.78, 5) is 14.9. The number of nitrogens with zero attached hydrogens (tertiary/aromatic N) is 1. The summed E-state index contributed by atoms with van der Waals surface area (Å²) in [6.07, 6.45) is 1.81. The molecular formula is C12H19N3O2. The lowest BCUT2D eigenvalue weighted by Crippen LogP contribution is -2.34. The second-order valence-corrected chi connectivity index (χ2v) is 4.33. The van der Waals surface area contributed by atoms with Gasteiger partial charge in [-0.2, -0.15) is 0 Å². The summed E-state index contributed by atoms with van der Waals surface area (Å²) in [6.45, 7) is 6.18. The summed E-state index contributed by atoms with van der Waals surface area (Å²) in [6, 6.07) is 2.96. The van der Waals surface area contributed by atoms with Gasteiger partial charge in [0, 0.05) is 5.54 Å². The Labute approximate surface area is 101 Å². The van der Waals surface area contributed by atoms with Gasteiger partial charge in [-0.1, -0.05) is 13.8 Å². The van der Waals surface area contributed by atoms with Crippen molar-refractivity contribution in [3.63, 3.8) is 0 Å². The van der Waals surface area contributed by atoms with Crippen LogP contribution in [0, 0.1) is 0 Å². The molecule has 94 valence electrons. The van der Waals surface area contributed by atoms with Crippen molar-refractivity contribution in [1.29, 1.82) is 0 Å². The number of carboxylic acids is 1. The summed E-state index contributed by atoms with van der Waals surface area (Å²) in [5.41, 5.74) is 6.12. The van der Waals surface area contributed by atoms with E-state index in [2.05, 4.69) is 31.1 Å². The van der Waals surface area contributed by atoms with Crippen LogP contribution >= 0.6 is 0 Å². The molecule has 0 aliphatic heterocycles. The van der Waals surface area contributed by atoms with Gasteiger partial charge in [-0.3, -0.25) is 0 Å². The molecule has 5 heteroatoms. The van der Waals surface area contributed by atoms with Crippen molar-refractivity contribution in [2.75, 3.05) is 11.1 Å². The molecule has 1 heterocycles. The quantitative estimate of drug-likeness (QED) is 0.731. The molecule has 1 aromatic rings. The third-order valence-corrected chi connectivity index (χ3v) is 3.13. The van der Waals surface area contributed by atoms with Crippen LogP contribution in [0.1, 0.15) is 44.1 Å². The Bertz CT molecular complexity index is 414. The zero-order valence-corrected chi connectivity index (χ0v) is 10.4. The molecule has 0 saturated heterocycles. The predicted octanol–water partition coefficient (Wildman–Crippen LogP) is 2.35. The predicted molar refractivity (Wildman–Crippen MR) is 68.2 cm³/mol. The van der Waals surface area contributed by atoms with Crippen LogP contribution in [0.25, 0.3) is 0 Å². The van der Waals surface area contributed by atoms with Crippen molar-refractivity contribution in [1.82, 2.24) is 4.98 Å². The third kappa shape index (κ3) is 3.09. The highest BCUT2D eigenvalue weighted by atomic mass is 16.4. The van der Waals surface area contributed by atoms with Gasteiger partial charge >= 0.3 is 5.97 Å². The Morgan fingerprint density at radius 1 is 1.47 bits per heavy atom. The van der Waals surface area contributed by atoms with E-state index in [0.29, 0.717) is 11.5 Å². The number of rotatable bonds is 5. The highest BCUT2D eigenvalue weighted by Crippen LogP contribution is 2.24. The average Bonchev–Trinajstić information content (AvgIpc) is 2.31. The van der Waals surface area contributed by atoms with Gasteiger partial charge in [0.25, 0.3) is 0 Å². The monoisotopic (exact) mass is 237 g/mol. The van der Waals surface area contributed by atoms with Crippen LogP contribution in [-0.4, -0.2) is 21.6 Å². The molecule has 0 aliphatic carbocycles. The highest BCUT2D eigenvalue weighted by Gasteiger charge is 2.21. The van der Waals surface area contributed by atoms with E-state index in [4.69, 9.17) is 10.8 Å². The Balaban J connectivity index is 3.05. The third-order valence-electron chi connectivity index (χ3n) is 3.13. The first-order valence-electron chi connectivity index (χ1n) is 5.70. The number of hydrogen-bond donors (Lipinski definition) is 3. The fourth-order valence-corrected chi connectivity index (χ4v) is 1.40. The van der Waals surface area contributed by atoms with Crippen molar-refractivity contribution >= 4 is 17.5 Å². The molecule has 0 radical (unpaired) electrons. The molecule has 0 spiro atoms. The number of pyridine rings is 1. The molecule has 1 rings (SSSR count). The van der Waals surface area contributed by atoms with E-state index in [9.17, 15) is 4.79 Å². The molecule has 0 saturated carbocycles. The van der Waals surface area contributed by atoms with E-state index in [1.807, 2.05) is 0 Å². The van der Waals surface area contributed by atoms with Gasteiger partial charge in [0.15, 0.2) is 11.5 Å². The Morgan fingerprint density at radius 3 is 2.53 bits per heavy atom. The molecule has 0 amide bonds. The first-order valence-corrected chi connectivity index (χ1v) is 5.70. The van der Waals surface area contributed by atoms with E-state index < -0.39 is 5.97 Å². The molecule has 0 atom stereocenters. The number of carbonyl (C=O) groups is 1. The lowest BCUT2D eigenvalue weighted by atomic mass is 9.95. The number of anilines is 2. The van der Waals surface area contributed by atoms with E-state index in [1.54, 1.807) is 6.07 Å². The largest absolute Gasteiger partial charge is 0.477 e. The van der Waals surface area contributed by atoms with Gasteiger partial charge < -0.3 is 16.2 Å². The number of nitrogens with two attached hydrogens (primary N) is 1. The molecule has 0 aliphatic rings. The van der Waals surface area contributed by atoms with Crippen molar-refractivity contribution in [3.8, 4) is 0 Å². The molecule has 4 N–H and O–H groups in total. The minimum Gasteiger partial charge on any atom is -0.477 e. The Kier molecular flexibility index (Phi) is 3.93. The standard InChI is InChI=1S/C12H19N3O2/c1-4-12(3,5-2)15-10-8(13)6-7-9(14-10)11(16)17/h6-7H,4-5,13H2,1-3H3,(H,14,15)(H,16,17). The summed E-state index contributed by atoms with van der Waals surface area (Å²) in [7, 11) is 0. The summed E-state index contributed by atoms with van der Waals surface area (Å²) in [5, 5.41) is 12.1. The fraction of sp³-hybridized carbons (Fsp3) is 0.500. The molecule has 0 fully saturated rings. The maximum absolute atomic E-state index is 10.8. The van der Waals surface area contributed by atoms with Crippen LogP contribution in [0.5, 0.6) is 0 Å². The maximum atomic E-state index is 10.8. The van der Waals surface area contributed by atoms with Crippen molar-refractivity contribution < 1.29 is 9.90 Å². The highest BCUT2D eigenvalue weighted by molar-refractivity contribution is 5.86. The second kappa shape index (κ2) is 5.03. The molecule has 5 nitrogen and oxygen atoms in total. The average molecular weight is 237 g/mol. The molecule has 1 aromatic heterocycles. The van der Waals surface area contributed by atoms with Gasteiger partial charge in [0.2, 0.25) is 0 Å². The molecule has 0 aromatic carbocycles. The molecular weight excluding hydrogens is 218 g/mol. The smallest absolute Gasteiger partial charge is 0.354 e. The SMILES string of the molecule is CCC(C)(CC)Nc1nc(C(=O)O)ccc1N. The van der Waals surface area contributed by atoms with Crippen LogP contribution in [0.4, 0.5) is 11.5 Å². The fourth-order valence-electron chi connectivity index (χ4n) is 1.40. The number of carboxylic acid groups (broad SMARTS) is 1. The van der Waals surface area contributed by atoms with Crippen LogP contribution in [-0.2, 0) is 0 Å². The van der Waals surface area contributed by atoms with Crippen LogP contribution in [0.3, 0.4) is 0 Å². The lowest BCUT2D eigenvalue weighted by molar-refractivity contribution is 0.0690. The van der Waals surface area contributed by atoms with Gasteiger partial charge in [-0.05, 0) is 31.9 Å². The zero-order chi connectivity index (χ0) is 13.1. The number of aromatic carboxylic acids is 1. The first kappa shape index (κ1) is 13.3. The summed E-state index contributed by atoms with van der Waals surface area (Å²) < 4.78 is 0. The first-order chi connectivity index (χ1) is 7.91. The summed E-state index contributed by atoms with van der Waals surface area (Å²) >= 11 is 0. The molecule has 17 heavy (non-hydrogen) atoms. The topological polar surface area (TPSA) is 88.2 Å². The summed E-state index contributed by atoms with van der Waals surface area (Å²) in [5.74, 6) is -0.612. The van der Waals surface area contributed by atoms with E-state index in [1.165, 1.54) is 6.07 Å². The van der Waals surface area contributed by atoms with Crippen molar-refractivity contribution in [2.45, 2.75) is 39.2 Å². The van der Waals surface area contributed by atoms with Gasteiger partial charge in [0.05, 0.1) is 5.69 Å². The van der Waals surface area contributed by atoms with Gasteiger partial charge in [-0.15, -0.1) is 0 Å². The molecule has 0 unspecified atom stereocenters. The molecule has 0 bridgehead atoms. The van der Waals surface area contributed by atoms with Crippen LogP contribution in [0.2, 0.25) is 0 Å². The minimum atomic E-state index is -1.05. The minimum absolute atomic E-state index is 0.00347. The van der Waals surface area contributed by atoms with E-state index in [-0.39, 0.29) is 11.2 Å².